The maximum Gasteiger partial charge on any atom is 0.164 e. The Morgan fingerprint density at radius 3 is 2.70 bits per heavy atom. The van der Waals surface area contributed by atoms with E-state index in [1.54, 1.807) is 23.0 Å². The van der Waals surface area contributed by atoms with Crippen molar-refractivity contribution in [1.29, 1.82) is 0 Å². The maximum absolute atomic E-state index is 13.8. The molecule has 0 spiro atoms. The molecule has 1 aromatic carbocycles. The van der Waals surface area contributed by atoms with E-state index < -0.39 is 0 Å². The molecule has 116 valence electrons. The van der Waals surface area contributed by atoms with E-state index in [1.165, 1.54) is 12.1 Å². The fourth-order valence-electron chi connectivity index (χ4n) is 2.74. The number of aromatic nitrogens is 4. The van der Waals surface area contributed by atoms with Crippen molar-refractivity contribution in [3.05, 3.63) is 53.3 Å². The molecule has 1 aliphatic carbocycles. The van der Waals surface area contributed by atoms with Crippen LogP contribution in [0.3, 0.4) is 0 Å². The van der Waals surface area contributed by atoms with Crippen molar-refractivity contribution in [2.45, 2.75) is 18.8 Å². The van der Waals surface area contributed by atoms with Crippen molar-refractivity contribution < 1.29 is 4.39 Å². The highest BCUT2D eigenvalue weighted by molar-refractivity contribution is 6.29. The highest BCUT2D eigenvalue weighted by Crippen LogP contribution is 2.41. The second-order valence-corrected chi connectivity index (χ2v) is 6.22. The second kappa shape index (κ2) is 5.42. The van der Waals surface area contributed by atoms with Crippen LogP contribution in [-0.4, -0.2) is 19.7 Å². The van der Waals surface area contributed by atoms with Crippen LogP contribution in [0.4, 0.5) is 4.39 Å². The average Bonchev–Trinajstić information content (AvgIpc) is 3.28. The average molecular weight is 329 g/mol. The van der Waals surface area contributed by atoms with Gasteiger partial charge < -0.3 is 4.57 Å². The van der Waals surface area contributed by atoms with Crippen LogP contribution < -0.4 is 0 Å². The third kappa shape index (κ3) is 2.72. The number of rotatable bonds is 3. The predicted octanol–water partition coefficient (Wildman–Crippen LogP) is 4.21. The number of pyridine rings is 1. The Balaban J connectivity index is 1.91. The van der Waals surface area contributed by atoms with Crippen molar-refractivity contribution in [1.82, 2.24) is 19.7 Å². The SMILES string of the molecule is Cn1cnnc1-c1cc(F)ccc1-c1cc(Cl)nc(C2CC2)c1. The first kappa shape index (κ1) is 14.3. The Hall–Kier alpha value is -2.27. The molecule has 3 aromatic rings. The van der Waals surface area contributed by atoms with E-state index in [0.29, 0.717) is 22.5 Å². The molecule has 0 aliphatic heterocycles. The van der Waals surface area contributed by atoms with Crippen LogP contribution in [0.15, 0.2) is 36.7 Å². The zero-order valence-corrected chi connectivity index (χ0v) is 13.3. The van der Waals surface area contributed by atoms with E-state index in [9.17, 15) is 4.39 Å². The highest BCUT2D eigenvalue weighted by atomic mass is 35.5. The van der Waals surface area contributed by atoms with Gasteiger partial charge >= 0.3 is 0 Å². The van der Waals surface area contributed by atoms with Gasteiger partial charge in [-0.3, -0.25) is 0 Å². The molecule has 1 saturated carbocycles. The fraction of sp³-hybridized carbons (Fsp3) is 0.235. The van der Waals surface area contributed by atoms with E-state index in [1.807, 2.05) is 13.1 Å². The minimum Gasteiger partial charge on any atom is -0.317 e. The van der Waals surface area contributed by atoms with Crippen molar-refractivity contribution in [2.24, 2.45) is 7.05 Å². The normalized spacial score (nSPS) is 14.2. The van der Waals surface area contributed by atoms with Gasteiger partial charge in [-0.05, 0) is 48.2 Å². The summed E-state index contributed by atoms with van der Waals surface area (Å²) in [6.07, 6.45) is 3.89. The summed E-state index contributed by atoms with van der Waals surface area (Å²) in [5.74, 6) is 0.793. The van der Waals surface area contributed by atoms with Gasteiger partial charge in [-0.15, -0.1) is 10.2 Å². The van der Waals surface area contributed by atoms with Crippen LogP contribution in [-0.2, 0) is 7.05 Å². The Morgan fingerprint density at radius 2 is 2.00 bits per heavy atom. The Kier molecular flexibility index (Phi) is 3.38. The maximum atomic E-state index is 13.8. The summed E-state index contributed by atoms with van der Waals surface area (Å²) in [5.41, 5.74) is 3.48. The molecule has 0 saturated heterocycles. The molecule has 0 radical (unpaired) electrons. The second-order valence-electron chi connectivity index (χ2n) is 5.83. The zero-order valence-electron chi connectivity index (χ0n) is 12.5. The van der Waals surface area contributed by atoms with E-state index >= 15 is 0 Å². The highest BCUT2D eigenvalue weighted by Gasteiger charge is 2.26. The summed E-state index contributed by atoms with van der Waals surface area (Å²) in [6, 6.07) is 8.52. The molecule has 0 amide bonds. The van der Waals surface area contributed by atoms with Crippen molar-refractivity contribution in [2.75, 3.05) is 0 Å². The first-order valence-electron chi connectivity index (χ1n) is 7.43. The van der Waals surface area contributed by atoms with Crippen molar-refractivity contribution >= 4 is 11.6 Å². The molecule has 2 aromatic heterocycles. The lowest BCUT2D eigenvalue weighted by Crippen LogP contribution is -1.96. The number of hydrogen-bond acceptors (Lipinski definition) is 3. The topological polar surface area (TPSA) is 43.6 Å². The minimum atomic E-state index is -0.311. The smallest absolute Gasteiger partial charge is 0.164 e. The Bertz CT molecular complexity index is 886. The molecule has 0 unspecified atom stereocenters. The first-order chi connectivity index (χ1) is 11.1. The van der Waals surface area contributed by atoms with E-state index in [0.717, 1.165) is 29.7 Å². The summed E-state index contributed by atoms with van der Waals surface area (Å²) in [6.45, 7) is 0. The van der Waals surface area contributed by atoms with E-state index in [2.05, 4.69) is 15.2 Å². The lowest BCUT2D eigenvalue weighted by molar-refractivity contribution is 0.628. The van der Waals surface area contributed by atoms with Gasteiger partial charge in [0.05, 0.1) is 0 Å². The largest absolute Gasteiger partial charge is 0.317 e. The Morgan fingerprint density at radius 1 is 1.17 bits per heavy atom. The van der Waals surface area contributed by atoms with Crippen LogP contribution in [0.25, 0.3) is 22.5 Å². The number of hydrogen-bond donors (Lipinski definition) is 0. The molecule has 0 N–H and O–H groups in total. The quantitative estimate of drug-likeness (QED) is 0.676. The molecule has 0 atom stereocenters. The van der Waals surface area contributed by atoms with Crippen LogP contribution >= 0.6 is 11.6 Å². The van der Waals surface area contributed by atoms with Gasteiger partial charge in [0.25, 0.3) is 0 Å². The van der Waals surface area contributed by atoms with Crippen LogP contribution in [0.2, 0.25) is 5.15 Å². The van der Waals surface area contributed by atoms with Gasteiger partial charge in [0.15, 0.2) is 5.82 Å². The molecule has 23 heavy (non-hydrogen) atoms. The van der Waals surface area contributed by atoms with Crippen molar-refractivity contribution in [3.63, 3.8) is 0 Å². The molecule has 1 fully saturated rings. The van der Waals surface area contributed by atoms with Crippen LogP contribution in [0, 0.1) is 5.82 Å². The molecule has 1 aliphatic rings. The fourth-order valence-corrected chi connectivity index (χ4v) is 2.96. The van der Waals surface area contributed by atoms with Gasteiger partial charge in [0.2, 0.25) is 0 Å². The number of benzene rings is 1. The Labute approximate surface area is 138 Å². The summed E-state index contributed by atoms with van der Waals surface area (Å²) in [7, 11) is 1.83. The third-order valence-electron chi connectivity index (χ3n) is 4.05. The zero-order chi connectivity index (χ0) is 16.0. The first-order valence-corrected chi connectivity index (χ1v) is 7.81. The van der Waals surface area contributed by atoms with Gasteiger partial charge in [0.1, 0.15) is 17.3 Å². The van der Waals surface area contributed by atoms with Gasteiger partial charge in [0, 0.05) is 24.2 Å². The molecule has 4 rings (SSSR count). The lowest BCUT2D eigenvalue weighted by Gasteiger charge is -2.11. The molecule has 6 heteroatoms. The molecular formula is C17H14ClFN4. The standard InChI is InChI=1S/C17H14ClFN4/c1-23-9-20-22-17(23)14-8-12(19)4-5-13(14)11-6-15(10-2-3-10)21-16(18)7-11/h4-10H,2-3H2,1H3. The number of aryl methyl sites for hydroxylation is 1. The summed E-state index contributed by atoms with van der Waals surface area (Å²) < 4.78 is 15.6. The van der Waals surface area contributed by atoms with Gasteiger partial charge in [-0.25, -0.2) is 9.37 Å². The lowest BCUT2D eigenvalue weighted by atomic mass is 9.98. The van der Waals surface area contributed by atoms with Crippen LogP contribution in [0.5, 0.6) is 0 Å². The third-order valence-corrected chi connectivity index (χ3v) is 4.25. The van der Waals surface area contributed by atoms with E-state index in [-0.39, 0.29) is 5.82 Å². The number of halogens is 2. The van der Waals surface area contributed by atoms with Crippen molar-refractivity contribution in [3.8, 4) is 22.5 Å². The number of nitrogens with zero attached hydrogens (tertiary/aromatic N) is 4. The van der Waals surface area contributed by atoms with E-state index in [4.69, 9.17) is 11.6 Å². The van der Waals surface area contributed by atoms with Crippen LogP contribution in [0.1, 0.15) is 24.5 Å². The summed E-state index contributed by atoms with van der Waals surface area (Å²) in [5, 5.41) is 8.45. The van der Waals surface area contributed by atoms with Gasteiger partial charge in [-0.2, -0.15) is 0 Å². The minimum absolute atomic E-state index is 0.311. The molecule has 4 nitrogen and oxygen atoms in total. The summed E-state index contributed by atoms with van der Waals surface area (Å²) >= 11 is 6.19. The molecule has 0 bridgehead atoms. The van der Waals surface area contributed by atoms with Gasteiger partial charge in [-0.1, -0.05) is 17.7 Å². The monoisotopic (exact) mass is 328 g/mol. The predicted molar refractivity (Wildman–Crippen MR) is 86.6 cm³/mol. The summed E-state index contributed by atoms with van der Waals surface area (Å²) in [4.78, 5) is 4.41. The molecule has 2 heterocycles. The molecular weight excluding hydrogens is 315 g/mol.